The van der Waals surface area contributed by atoms with Crippen LogP contribution < -0.4 is 5.73 Å². The van der Waals surface area contributed by atoms with Crippen molar-refractivity contribution in [2.24, 2.45) is 12.8 Å². The Bertz CT molecular complexity index is 579. The second-order valence-electron chi connectivity index (χ2n) is 5.19. The number of benzene rings is 1. The van der Waals surface area contributed by atoms with E-state index in [0.29, 0.717) is 6.54 Å². The third-order valence-electron chi connectivity index (χ3n) is 3.54. The molecule has 0 aliphatic rings. The summed E-state index contributed by atoms with van der Waals surface area (Å²) in [6, 6.07) is 6.14. The SMILES string of the molecule is Cc1cc(Cl)ccc1C(CN)N(C)Cc1cnn(C)c1. The zero-order chi connectivity index (χ0) is 14.7. The molecule has 0 aliphatic carbocycles. The summed E-state index contributed by atoms with van der Waals surface area (Å²) in [7, 11) is 4.01. The van der Waals surface area contributed by atoms with Gasteiger partial charge in [0.05, 0.1) is 6.20 Å². The van der Waals surface area contributed by atoms with Crippen molar-refractivity contribution < 1.29 is 0 Å². The molecule has 2 N–H and O–H groups in total. The number of aryl methyl sites for hydroxylation is 2. The summed E-state index contributed by atoms with van der Waals surface area (Å²) < 4.78 is 1.81. The Hall–Kier alpha value is -1.36. The normalized spacial score (nSPS) is 12.9. The summed E-state index contributed by atoms with van der Waals surface area (Å²) in [5.74, 6) is 0. The molecule has 0 fully saturated rings. The molecule has 2 rings (SSSR count). The lowest BCUT2D eigenvalue weighted by atomic mass is 10.00. The van der Waals surface area contributed by atoms with Gasteiger partial charge in [-0.2, -0.15) is 5.10 Å². The summed E-state index contributed by atoms with van der Waals surface area (Å²) in [6.07, 6.45) is 3.91. The second kappa shape index (κ2) is 6.39. The minimum atomic E-state index is 0.174. The Balaban J connectivity index is 2.18. The summed E-state index contributed by atoms with van der Waals surface area (Å²) in [4.78, 5) is 2.24. The number of hydrogen-bond donors (Lipinski definition) is 1. The minimum absolute atomic E-state index is 0.174. The Morgan fingerprint density at radius 3 is 2.75 bits per heavy atom. The zero-order valence-electron chi connectivity index (χ0n) is 12.2. The molecular weight excluding hydrogens is 272 g/mol. The van der Waals surface area contributed by atoms with Crippen molar-refractivity contribution in [1.29, 1.82) is 0 Å². The second-order valence-corrected chi connectivity index (χ2v) is 5.63. The van der Waals surface area contributed by atoms with E-state index >= 15 is 0 Å². The summed E-state index contributed by atoms with van der Waals surface area (Å²) in [6.45, 7) is 3.46. The van der Waals surface area contributed by atoms with Crippen LogP contribution in [0.3, 0.4) is 0 Å². The van der Waals surface area contributed by atoms with E-state index in [0.717, 1.165) is 11.6 Å². The van der Waals surface area contributed by atoms with Gasteiger partial charge in [0.1, 0.15) is 0 Å². The van der Waals surface area contributed by atoms with Gasteiger partial charge in [0.2, 0.25) is 0 Å². The molecule has 1 aromatic heterocycles. The molecule has 0 saturated carbocycles. The minimum Gasteiger partial charge on any atom is -0.329 e. The fourth-order valence-corrected chi connectivity index (χ4v) is 2.74. The first-order valence-corrected chi connectivity index (χ1v) is 7.03. The van der Waals surface area contributed by atoms with Crippen LogP contribution in [0.5, 0.6) is 0 Å². The van der Waals surface area contributed by atoms with Gasteiger partial charge in [-0.1, -0.05) is 17.7 Å². The van der Waals surface area contributed by atoms with Crippen molar-refractivity contribution in [2.75, 3.05) is 13.6 Å². The summed E-state index contributed by atoms with van der Waals surface area (Å²) >= 11 is 6.02. The number of halogens is 1. The van der Waals surface area contributed by atoms with Gasteiger partial charge in [0.25, 0.3) is 0 Å². The van der Waals surface area contributed by atoms with E-state index in [-0.39, 0.29) is 6.04 Å². The predicted octanol–water partition coefficient (Wildman–Crippen LogP) is 2.51. The topological polar surface area (TPSA) is 47.1 Å². The van der Waals surface area contributed by atoms with Crippen molar-refractivity contribution in [2.45, 2.75) is 19.5 Å². The van der Waals surface area contributed by atoms with Gasteiger partial charge in [0, 0.05) is 43.0 Å². The first-order valence-electron chi connectivity index (χ1n) is 6.65. The fourth-order valence-electron chi connectivity index (χ4n) is 2.51. The molecule has 5 heteroatoms. The van der Waals surface area contributed by atoms with E-state index in [1.807, 2.05) is 36.3 Å². The van der Waals surface area contributed by atoms with E-state index in [1.54, 1.807) is 0 Å². The average molecular weight is 293 g/mol. The third-order valence-corrected chi connectivity index (χ3v) is 3.77. The maximum atomic E-state index is 6.02. The molecule has 0 saturated heterocycles. The highest BCUT2D eigenvalue weighted by Crippen LogP contribution is 2.25. The van der Waals surface area contributed by atoms with Crippen molar-refractivity contribution in [3.8, 4) is 0 Å². The summed E-state index contributed by atoms with van der Waals surface area (Å²) in [5, 5.41) is 4.96. The van der Waals surface area contributed by atoms with Gasteiger partial charge < -0.3 is 5.73 Å². The van der Waals surface area contributed by atoms with Crippen LogP contribution in [0.1, 0.15) is 22.7 Å². The van der Waals surface area contributed by atoms with Gasteiger partial charge in [0.15, 0.2) is 0 Å². The van der Waals surface area contributed by atoms with Crippen LogP contribution in [-0.4, -0.2) is 28.3 Å². The van der Waals surface area contributed by atoms with Crippen LogP contribution in [0.4, 0.5) is 0 Å². The first kappa shape index (κ1) is 15.0. The van der Waals surface area contributed by atoms with Crippen molar-refractivity contribution in [1.82, 2.24) is 14.7 Å². The molecule has 1 heterocycles. The Morgan fingerprint density at radius 1 is 1.45 bits per heavy atom. The van der Waals surface area contributed by atoms with E-state index in [4.69, 9.17) is 17.3 Å². The standard InChI is InChI=1S/C15H21ClN4/c1-11-6-13(16)4-5-14(11)15(7-17)19(2)9-12-8-18-20(3)10-12/h4-6,8,10,15H,7,9,17H2,1-3H3. The van der Waals surface area contributed by atoms with E-state index < -0.39 is 0 Å². The van der Waals surface area contributed by atoms with Crippen LogP contribution in [0.2, 0.25) is 5.02 Å². The molecule has 1 atom stereocenters. The first-order chi connectivity index (χ1) is 9.51. The van der Waals surface area contributed by atoms with Crippen LogP contribution in [0.15, 0.2) is 30.6 Å². The van der Waals surface area contributed by atoms with Crippen LogP contribution >= 0.6 is 11.6 Å². The Morgan fingerprint density at radius 2 is 2.20 bits per heavy atom. The molecule has 4 nitrogen and oxygen atoms in total. The van der Waals surface area contributed by atoms with Crippen molar-refractivity contribution in [3.05, 3.63) is 52.3 Å². The number of rotatable bonds is 5. The van der Waals surface area contributed by atoms with E-state index in [9.17, 15) is 0 Å². The third kappa shape index (κ3) is 3.39. The smallest absolute Gasteiger partial charge is 0.0534 e. The molecule has 0 bridgehead atoms. The molecule has 0 radical (unpaired) electrons. The Kier molecular flexibility index (Phi) is 4.81. The molecule has 0 amide bonds. The fraction of sp³-hybridized carbons (Fsp3) is 0.400. The lowest BCUT2D eigenvalue weighted by Crippen LogP contribution is -2.30. The monoisotopic (exact) mass is 292 g/mol. The molecule has 1 aromatic carbocycles. The number of aromatic nitrogens is 2. The molecule has 108 valence electrons. The number of nitrogens with zero attached hydrogens (tertiary/aromatic N) is 3. The van der Waals surface area contributed by atoms with E-state index in [1.165, 1.54) is 16.7 Å². The summed E-state index contributed by atoms with van der Waals surface area (Å²) in [5.41, 5.74) is 9.55. The molecule has 1 unspecified atom stereocenters. The highest BCUT2D eigenvalue weighted by Gasteiger charge is 2.18. The molecule has 20 heavy (non-hydrogen) atoms. The van der Waals surface area contributed by atoms with Crippen LogP contribution in [0, 0.1) is 6.92 Å². The van der Waals surface area contributed by atoms with Gasteiger partial charge in [-0.3, -0.25) is 9.58 Å². The molecular formula is C15H21ClN4. The number of hydrogen-bond acceptors (Lipinski definition) is 3. The maximum Gasteiger partial charge on any atom is 0.0534 e. The van der Waals surface area contributed by atoms with Crippen molar-refractivity contribution >= 4 is 11.6 Å². The average Bonchev–Trinajstić information content (AvgIpc) is 2.78. The number of likely N-dealkylation sites (N-methyl/N-ethyl adjacent to an activating group) is 1. The van der Waals surface area contributed by atoms with Gasteiger partial charge >= 0.3 is 0 Å². The predicted molar refractivity (Wildman–Crippen MR) is 82.7 cm³/mol. The quantitative estimate of drug-likeness (QED) is 0.921. The lowest BCUT2D eigenvalue weighted by molar-refractivity contribution is 0.241. The van der Waals surface area contributed by atoms with Gasteiger partial charge in [-0.25, -0.2) is 0 Å². The molecule has 2 aromatic rings. The highest BCUT2D eigenvalue weighted by molar-refractivity contribution is 6.30. The lowest BCUT2D eigenvalue weighted by Gasteiger charge is -2.28. The highest BCUT2D eigenvalue weighted by atomic mass is 35.5. The molecule has 0 spiro atoms. The van der Waals surface area contributed by atoms with Gasteiger partial charge in [-0.15, -0.1) is 0 Å². The van der Waals surface area contributed by atoms with Crippen molar-refractivity contribution in [3.63, 3.8) is 0 Å². The zero-order valence-corrected chi connectivity index (χ0v) is 12.9. The van der Waals surface area contributed by atoms with Gasteiger partial charge in [-0.05, 0) is 37.2 Å². The van der Waals surface area contributed by atoms with Crippen LogP contribution in [-0.2, 0) is 13.6 Å². The Labute approximate surface area is 125 Å². The number of nitrogens with two attached hydrogens (primary N) is 1. The molecule has 0 aliphatic heterocycles. The van der Waals surface area contributed by atoms with E-state index in [2.05, 4.69) is 30.0 Å². The maximum absolute atomic E-state index is 6.02. The van der Waals surface area contributed by atoms with Crippen LogP contribution in [0.25, 0.3) is 0 Å². The largest absolute Gasteiger partial charge is 0.329 e.